The van der Waals surface area contributed by atoms with Crippen molar-refractivity contribution in [3.63, 3.8) is 0 Å². The van der Waals surface area contributed by atoms with Gasteiger partial charge in [0.05, 0.1) is 10.6 Å². The number of aromatic carboxylic acids is 1. The molecule has 6 nitrogen and oxygen atoms in total. The minimum absolute atomic E-state index is 0.136. The van der Waals surface area contributed by atoms with E-state index in [2.05, 4.69) is 5.32 Å². The summed E-state index contributed by atoms with van der Waals surface area (Å²) in [5.41, 5.74) is 2.15. The first kappa shape index (κ1) is 16.1. The molecule has 2 N–H and O–H groups in total. The number of fused-ring (bicyclic) bond motifs is 1. The van der Waals surface area contributed by atoms with E-state index in [1.165, 1.54) is 6.07 Å². The summed E-state index contributed by atoms with van der Waals surface area (Å²) < 4.78 is 24.8. The predicted molar refractivity (Wildman–Crippen MR) is 91.2 cm³/mol. The fourth-order valence-corrected chi connectivity index (χ4v) is 3.25. The van der Waals surface area contributed by atoms with Gasteiger partial charge < -0.3 is 14.8 Å². The Balaban J connectivity index is 1.91. The molecule has 3 rings (SSSR count). The minimum atomic E-state index is -3.28. The lowest BCUT2D eigenvalue weighted by Gasteiger charge is -2.12. The summed E-state index contributed by atoms with van der Waals surface area (Å²) in [6.45, 7) is 0.316. The quantitative estimate of drug-likeness (QED) is 0.743. The second-order valence-electron chi connectivity index (χ2n) is 5.48. The number of nitrogens with zero attached hydrogens (tertiary/aromatic N) is 1. The van der Waals surface area contributed by atoms with Crippen LogP contribution < -0.4 is 5.32 Å². The number of pyridine rings is 1. The molecule has 0 aliphatic carbocycles. The van der Waals surface area contributed by atoms with E-state index >= 15 is 0 Å². The summed E-state index contributed by atoms with van der Waals surface area (Å²) in [5.74, 6) is -1.04. The highest BCUT2D eigenvalue weighted by molar-refractivity contribution is 7.90. The van der Waals surface area contributed by atoms with Gasteiger partial charge in [-0.15, -0.1) is 0 Å². The van der Waals surface area contributed by atoms with Crippen LogP contribution in [0.5, 0.6) is 0 Å². The standard InChI is InChI=1S/C17H16N2O4S/c1-24(22,23)14-6-2-4-12(10-14)11-18-15-8-7-13-5-3-9-19(13)16(15)17(20)21/h2-10,18H,11H2,1H3,(H,20,21). The van der Waals surface area contributed by atoms with Gasteiger partial charge in [0.1, 0.15) is 0 Å². The Morgan fingerprint density at radius 1 is 1.17 bits per heavy atom. The van der Waals surface area contributed by atoms with Crippen LogP contribution in [0.3, 0.4) is 0 Å². The Hall–Kier alpha value is -2.80. The van der Waals surface area contributed by atoms with Crippen molar-refractivity contribution in [1.29, 1.82) is 0 Å². The average molecular weight is 344 g/mol. The molecular weight excluding hydrogens is 328 g/mol. The Morgan fingerprint density at radius 3 is 2.67 bits per heavy atom. The fraction of sp³-hybridized carbons (Fsp3) is 0.118. The number of rotatable bonds is 5. The number of aromatic nitrogens is 1. The highest BCUT2D eigenvalue weighted by Gasteiger charge is 2.14. The molecule has 24 heavy (non-hydrogen) atoms. The Labute approximate surface area is 139 Å². The Bertz CT molecular complexity index is 1020. The van der Waals surface area contributed by atoms with Crippen LogP contribution >= 0.6 is 0 Å². The highest BCUT2D eigenvalue weighted by atomic mass is 32.2. The molecule has 0 aliphatic rings. The van der Waals surface area contributed by atoms with Gasteiger partial charge in [-0.1, -0.05) is 12.1 Å². The number of hydrogen-bond donors (Lipinski definition) is 2. The molecule has 0 aliphatic heterocycles. The molecule has 3 aromatic rings. The van der Waals surface area contributed by atoms with Gasteiger partial charge in [0.25, 0.3) is 0 Å². The van der Waals surface area contributed by atoms with Crippen LogP contribution in [0.1, 0.15) is 16.1 Å². The van der Waals surface area contributed by atoms with Crippen molar-refractivity contribution in [3.8, 4) is 0 Å². The summed E-state index contributed by atoms with van der Waals surface area (Å²) in [4.78, 5) is 11.8. The maximum absolute atomic E-state index is 11.6. The van der Waals surface area contributed by atoms with Gasteiger partial charge in [-0.3, -0.25) is 0 Å². The molecule has 0 bridgehead atoms. The van der Waals surface area contributed by atoms with Crippen LogP contribution in [0.25, 0.3) is 5.52 Å². The number of carbonyl (C=O) groups is 1. The lowest BCUT2D eigenvalue weighted by atomic mass is 10.2. The number of nitrogens with one attached hydrogen (secondary N) is 1. The number of anilines is 1. The summed E-state index contributed by atoms with van der Waals surface area (Å²) in [7, 11) is -3.28. The molecular formula is C17H16N2O4S. The molecule has 0 fully saturated rings. The largest absolute Gasteiger partial charge is 0.476 e. The molecule has 0 amide bonds. The third-order valence-corrected chi connectivity index (χ3v) is 4.82. The van der Waals surface area contributed by atoms with Crippen LogP contribution in [0.2, 0.25) is 0 Å². The number of carboxylic acids is 1. The first-order chi connectivity index (χ1) is 11.4. The smallest absolute Gasteiger partial charge is 0.355 e. The normalized spacial score (nSPS) is 11.5. The average Bonchev–Trinajstić information content (AvgIpc) is 3.00. The monoisotopic (exact) mass is 344 g/mol. The zero-order valence-electron chi connectivity index (χ0n) is 12.9. The van der Waals surface area contributed by atoms with E-state index in [1.807, 2.05) is 12.1 Å². The molecule has 0 unspecified atom stereocenters. The molecule has 2 heterocycles. The molecule has 124 valence electrons. The number of benzene rings is 1. The Kier molecular flexibility index (Phi) is 4.02. The van der Waals surface area contributed by atoms with Crippen LogP contribution in [0, 0.1) is 0 Å². The summed E-state index contributed by atoms with van der Waals surface area (Å²) >= 11 is 0. The molecule has 7 heteroatoms. The van der Waals surface area contributed by atoms with E-state index in [0.717, 1.165) is 17.3 Å². The van der Waals surface area contributed by atoms with Crippen molar-refractivity contribution in [2.75, 3.05) is 11.6 Å². The van der Waals surface area contributed by atoms with E-state index in [9.17, 15) is 18.3 Å². The second-order valence-corrected chi connectivity index (χ2v) is 7.49. The Morgan fingerprint density at radius 2 is 1.96 bits per heavy atom. The first-order valence-electron chi connectivity index (χ1n) is 7.22. The van der Waals surface area contributed by atoms with Crippen LogP contribution in [-0.2, 0) is 16.4 Å². The maximum atomic E-state index is 11.6. The van der Waals surface area contributed by atoms with Crippen molar-refractivity contribution in [2.45, 2.75) is 11.4 Å². The van der Waals surface area contributed by atoms with Crippen molar-refractivity contribution < 1.29 is 18.3 Å². The van der Waals surface area contributed by atoms with Crippen LogP contribution in [-0.4, -0.2) is 30.2 Å². The third kappa shape index (κ3) is 3.11. The van der Waals surface area contributed by atoms with Gasteiger partial charge >= 0.3 is 5.97 Å². The fourth-order valence-electron chi connectivity index (χ4n) is 2.56. The number of carboxylic acid groups (broad SMARTS) is 1. The third-order valence-electron chi connectivity index (χ3n) is 3.71. The summed E-state index contributed by atoms with van der Waals surface area (Å²) in [6, 6.07) is 13.7. The summed E-state index contributed by atoms with van der Waals surface area (Å²) in [6.07, 6.45) is 2.84. The van der Waals surface area contributed by atoms with E-state index in [0.29, 0.717) is 12.2 Å². The molecule has 1 aromatic carbocycles. The van der Waals surface area contributed by atoms with E-state index < -0.39 is 15.8 Å². The summed E-state index contributed by atoms with van der Waals surface area (Å²) in [5, 5.41) is 12.6. The topological polar surface area (TPSA) is 87.9 Å². The predicted octanol–water partition coefficient (Wildman–Crippen LogP) is 2.65. The van der Waals surface area contributed by atoms with Crippen molar-refractivity contribution in [1.82, 2.24) is 4.40 Å². The molecule has 2 aromatic heterocycles. The molecule has 0 radical (unpaired) electrons. The second kappa shape index (κ2) is 6.01. The van der Waals surface area contributed by atoms with Gasteiger partial charge in [0, 0.05) is 24.5 Å². The van der Waals surface area contributed by atoms with Gasteiger partial charge in [-0.2, -0.15) is 0 Å². The van der Waals surface area contributed by atoms with E-state index in [1.54, 1.807) is 40.9 Å². The van der Waals surface area contributed by atoms with Crippen molar-refractivity contribution in [2.24, 2.45) is 0 Å². The number of sulfone groups is 1. The van der Waals surface area contributed by atoms with Crippen LogP contribution in [0.15, 0.2) is 59.6 Å². The molecule has 0 atom stereocenters. The lowest BCUT2D eigenvalue weighted by Crippen LogP contribution is -2.11. The highest BCUT2D eigenvalue weighted by Crippen LogP contribution is 2.20. The molecule has 0 saturated carbocycles. The van der Waals surface area contributed by atoms with E-state index in [4.69, 9.17) is 0 Å². The molecule has 0 saturated heterocycles. The van der Waals surface area contributed by atoms with Crippen molar-refractivity contribution >= 4 is 27.0 Å². The van der Waals surface area contributed by atoms with Crippen molar-refractivity contribution in [3.05, 3.63) is 66.0 Å². The van der Waals surface area contributed by atoms with E-state index in [-0.39, 0.29) is 10.6 Å². The zero-order chi connectivity index (χ0) is 17.3. The van der Waals surface area contributed by atoms with Gasteiger partial charge in [0.2, 0.25) is 0 Å². The SMILES string of the molecule is CS(=O)(=O)c1cccc(CNc2ccc3cccn3c2C(=O)O)c1. The number of hydrogen-bond acceptors (Lipinski definition) is 4. The zero-order valence-corrected chi connectivity index (χ0v) is 13.7. The molecule has 0 spiro atoms. The first-order valence-corrected chi connectivity index (χ1v) is 9.11. The van der Waals surface area contributed by atoms with Gasteiger partial charge in [-0.25, -0.2) is 13.2 Å². The maximum Gasteiger partial charge on any atom is 0.355 e. The van der Waals surface area contributed by atoms with Gasteiger partial charge in [0.15, 0.2) is 15.5 Å². The lowest BCUT2D eigenvalue weighted by molar-refractivity contribution is 0.0690. The van der Waals surface area contributed by atoms with Gasteiger partial charge in [-0.05, 0) is 42.0 Å². The minimum Gasteiger partial charge on any atom is -0.476 e. The van der Waals surface area contributed by atoms with Crippen LogP contribution in [0.4, 0.5) is 5.69 Å².